The molecule has 0 aliphatic heterocycles. The predicted molar refractivity (Wildman–Crippen MR) is 76.9 cm³/mol. The first kappa shape index (κ1) is 12.4. The van der Waals surface area contributed by atoms with Gasteiger partial charge in [0.05, 0.1) is 0 Å². The van der Waals surface area contributed by atoms with Crippen molar-refractivity contribution in [2.75, 3.05) is 0 Å². The summed E-state index contributed by atoms with van der Waals surface area (Å²) >= 11 is 1.79. The van der Waals surface area contributed by atoms with Gasteiger partial charge in [-0.25, -0.2) is 0 Å². The van der Waals surface area contributed by atoms with Gasteiger partial charge in [-0.1, -0.05) is 23.9 Å². The molecule has 0 saturated heterocycles. The monoisotopic (exact) mass is 272 g/mol. The van der Waals surface area contributed by atoms with Gasteiger partial charge in [-0.2, -0.15) is 0 Å². The van der Waals surface area contributed by atoms with Gasteiger partial charge in [0.1, 0.15) is 0 Å². The van der Waals surface area contributed by atoms with E-state index in [-0.39, 0.29) is 0 Å². The predicted octanol–water partition coefficient (Wildman–Crippen LogP) is 3.08. The van der Waals surface area contributed by atoms with Crippen LogP contribution in [-0.2, 0) is 7.05 Å². The Bertz CT molecular complexity index is 576. The van der Waals surface area contributed by atoms with E-state index in [0.717, 1.165) is 16.5 Å². The largest absolute Gasteiger partial charge is 0.305 e. The molecule has 0 amide bonds. The standard InChI is InChI=1S/C14H16N4S/c1-18-13(11-7-9-15-10-8-11)16-17-14(18)19-12-5-3-2-4-6-12/h3,5,7-10,12H,2,4,6H2,1H3. The highest BCUT2D eigenvalue weighted by molar-refractivity contribution is 7.99. The fourth-order valence-electron chi connectivity index (χ4n) is 2.18. The third-order valence-corrected chi connectivity index (χ3v) is 4.50. The number of allylic oxidation sites excluding steroid dienone is 1. The highest BCUT2D eigenvalue weighted by atomic mass is 32.2. The minimum absolute atomic E-state index is 0.530. The van der Waals surface area contributed by atoms with Crippen molar-refractivity contribution in [2.24, 2.45) is 7.05 Å². The number of nitrogens with zero attached hydrogens (tertiary/aromatic N) is 4. The Balaban J connectivity index is 1.83. The summed E-state index contributed by atoms with van der Waals surface area (Å²) in [6, 6.07) is 3.91. The van der Waals surface area contributed by atoms with Crippen LogP contribution < -0.4 is 0 Å². The van der Waals surface area contributed by atoms with Gasteiger partial charge in [0.2, 0.25) is 0 Å². The molecule has 1 aliphatic carbocycles. The first-order valence-electron chi connectivity index (χ1n) is 6.48. The van der Waals surface area contributed by atoms with Gasteiger partial charge in [-0.05, 0) is 31.4 Å². The van der Waals surface area contributed by atoms with Gasteiger partial charge in [0.15, 0.2) is 11.0 Å². The Kier molecular flexibility index (Phi) is 3.64. The maximum absolute atomic E-state index is 4.31. The van der Waals surface area contributed by atoms with Crippen molar-refractivity contribution in [1.29, 1.82) is 0 Å². The summed E-state index contributed by atoms with van der Waals surface area (Å²) in [4.78, 5) is 4.03. The molecule has 4 nitrogen and oxygen atoms in total. The van der Waals surface area contributed by atoms with Crippen molar-refractivity contribution in [3.63, 3.8) is 0 Å². The Hall–Kier alpha value is -1.62. The first-order chi connectivity index (χ1) is 9.34. The zero-order valence-electron chi connectivity index (χ0n) is 10.9. The molecule has 0 bridgehead atoms. The molecule has 0 saturated carbocycles. The van der Waals surface area contributed by atoms with Crippen molar-refractivity contribution in [3.8, 4) is 11.4 Å². The van der Waals surface area contributed by atoms with Crippen LogP contribution in [0.4, 0.5) is 0 Å². The van der Waals surface area contributed by atoms with Crippen LogP contribution in [0, 0.1) is 0 Å². The molecule has 0 spiro atoms. The Morgan fingerprint density at radius 2 is 2.11 bits per heavy atom. The summed E-state index contributed by atoms with van der Waals surface area (Å²) < 4.78 is 2.06. The van der Waals surface area contributed by atoms with Gasteiger partial charge in [0.25, 0.3) is 0 Å². The second kappa shape index (κ2) is 5.57. The third-order valence-electron chi connectivity index (χ3n) is 3.24. The fraction of sp³-hybridized carbons (Fsp3) is 0.357. The molecule has 98 valence electrons. The molecule has 19 heavy (non-hydrogen) atoms. The second-order valence-corrected chi connectivity index (χ2v) is 5.82. The molecular formula is C14H16N4S. The summed E-state index contributed by atoms with van der Waals surface area (Å²) in [6.45, 7) is 0. The van der Waals surface area contributed by atoms with E-state index in [1.165, 1.54) is 19.3 Å². The maximum atomic E-state index is 4.31. The van der Waals surface area contributed by atoms with Crippen LogP contribution >= 0.6 is 11.8 Å². The Morgan fingerprint density at radius 1 is 1.26 bits per heavy atom. The molecule has 2 aromatic rings. The summed E-state index contributed by atoms with van der Waals surface area (Å²) in [7, 11) is 2.02. The lowest BCUT2D eigenvalue weighted by Gasteiger charge is -2.14. The van der Waals surface area contributed by atoms with Gasteiger partial charge in [-0.15, -0.1) is 10.2 Å². The normalized spacial score (nSPS) is 18.7. The van der Waals surface area contributed by atoms with Gasteiger partial charge < -0.3 is 4.57 Å². The summed E-state index contributed by atoms with van der Waals surface area (Å²) in [5.41, 5.74) is 1.05. The van der Waals surface area contributed by atoms with E-state index < -0.39 is 0 Å². The first-order valence-corrected chi connectivity index (χ1v) is 7.35. The van der Waals surface area contributed by atoms with E-state index in [0.29, 0.717) is 5.25 Å². The minimum atomic E-state index is 0.530. The van der Waals surface area contributed by atoms with Crippen LogP contribution in [0.2, 0.25) is 0 Å². The van der Waals surface area contributed by atoms with Gasteiger partial charge in [0, 0.05) is 30.3 Å². The molecular weight excluding hydrogens is 256 g/mol. The van der Waals surface area contributed by atoms with Crippen LogP contribution in [0.25, 0.3) is 11.4 Å². The third kappa shape index (κ3) is 2.71. The number of rotatable bonds is 3. The number of aromatic nitrogens is 4. The van der Waals surface area contributed by atoms with Crippen molar-refractivity contribution in [1.82, 2.24) is 19.7 Å². The van der Waals surface area contributed by atoms with E-state index in [1.54, 1.807) is 24.2 Å². The lowest BCUT2D eigenvalue weighted by atomic mass is 10.1. The molecule has 2 heterocycles. The van der Waals surface area contributed by atoms with Gasteiger partial charge in [-0.3, -0.25) is 4.98 Å². The SMILES string of the molecule is Cn1c(SC2C=CCCC2)nnc1-c1ccncc1. The number of hydrogen-bond acceptors (Lipinski definition) is 4. The number of thioether (sulfide) groups is 1. The van der Waals surface area contributed by atoms with Crippen LogP contribution in [0.3, 0.4) is 0 Å². The molecule has 1 unspecified atom stereocenters. The van der Waals surface area contributed by atoms with Crippen molar-refractivity contribution < 1.29 is 0 Å². The lowest BCUT2D eigenvalue weighted by molar-refractivity contribution is 0.731. The average molecular weight is 272 g/mol. The molecule has 0 N–H and O–H groups in total. The quantitative estimate of drug-likeness (QED) is 0.805. The summed E-state index contributed by atoms with van der Waals surface area (Å²) in [6.07, 6.45) is 11.8. The molecule has 0 radical (unpaired) electrons. The lowest BCUT2D eigenvalue weighted by Crippen LogP contribution is -2.04. The molecule has 0 fully saturated rings. The van der Waals surface area contributed by atoms with Crippen LogP contribution in [0.5, 0.6) is 0 Å². The zero-order valence-corrected chi connectivity index (χ0v) is 11.7. The van der Waals surface area contributed by atoms with Crippen molar-refractivity contribution >= 4 is 11.8 Å². The van der Waals surface area contributed by atoms with E-state index in [2.05, 4.69) is 31.9 Å². The Morgan fingerprint density at radius 3 is 2.84 bits per heavy atom. The minimum Gasteiger partial charge on any atom is -0.305 e. The van der Waals surface area contributed by atoms with E-state index in [4.69, 9.17) is 0 Å². The fourth-order valence-corrected chi connectivity index (χ4v) is 3.26. The number of hydrogen-bond donors (Lipinski definition) is 0. The topological polar surface area (TPSA) is 43.6 Å². The molecule has 1 aliphatic rings. The molecule has 5 heteroatoms. The molecule has 2 aromatic heterocycles. The molecule has 0 aromatic carbocycles. The zero-order chi connectivity index (χ0) is 13.1. The van der Waals surface area contributed by atoms with Crippen LogP contribution in [0.1, 0.15) is 19.3 Å². The van der Waals surface area contributed by atoms with Crippen molar-refractivity contribution in [3.05, 3.63) is 36.7 Å². The molecule has 1 atom stereocenters. The second-order valence-electron chi connectivity index (χ2n) is 4.62. The van der Waals surface area contributed by atoms with E-state index in [9.17, 15) is 0 Å². The molecule has 3 rings (SSSR count). The summed E-state index contributed by atoms with van der Waals surface area (Å²) in [5, 5.41) is 10.1. The van der Waals surface area contributed by atoms with Crippen molar-refractivity contribution in [2.45, 2.75) is 29.7 Å². The van der Waals surface area contributed by atoms with Crippen LogP contribution in [0.15, 0.2) is 41.8 Å². The number of pyridine rings is 1. The average Bonchev–Trinajstić information content (AvgIpc) is 2.82. The van der Waals surface area contributed by atoms with E-state index in [1.807, 2.05) is 19.2 Å². The highest BCUT2D eigenvalue weighted by Crippen LogP contribution is 2.30. The summed E-state index contributed by atoms with van der Waals surface area (Å²) in [5.74, 6) is 0.893. The van der Waals surface area contributed by atoms with Gasteiger partial charge >= 0.3 is 0 Å². The smallest absolute Gasteiger partial charge is 0.191 e. The Labute approximate surface area is 117 Å². The highest BCUT2D eigenvalue weighted by Gasteiger charge is 2.16. The maximum Gasteiger partial charge on any atom is 0.191 e. The van der Waals surface area contributed by atoms with Crippen LogP contribution in [-0.4, -0.2) is 25.0 Å². The van der Waals surface area contributed by atoms with E-state index >= 15 is 0 Å².